The highest BCUT2D eigenvalue weighted by atomic mass is 28.4. The smallest absolute Gasteiger partial charge is 0.192 e. The number of aldehydes is 1. The van der Waals surface area contributed by atoms with Gasteiger partial charge in [-0.3, -0.25) is 0 Å². The average Bonchev–Trinajstić information content (AvgIpc) is 3.31. The zero-order chi connectivity index (χ0) is 30.9. The minimum Gasteiger partial charge on any atom is -0.497 e. The van der Waals surface area contributed by atoms with Crippen LogP contribution in [-0.2, 0) is 27.0 Å². The SMILES string of the molecule is COc1ccc2c(c1)CCC1(C=O)C2=C(CCCCCOCc2ccccc2)C[C@]2(C)[C@@H](O[Si](C)(C)C(C)(C)C)CC[C@@H]12. The fraction of sp³-hybridized carbons (Fsp3) is 0.605. The zero-order valence-corrected chi connectivity index (χ0v) is 28.8. The van der Waals surface area contributed by atoms with Crippen molar-refractivity contribution in [1.82, 2.24) is 0 Å². The lowest BCUT2D eigenvalue weighted by Gasteiger charge is -2.55. The molecule has 0 N–H and O–H groups in total. The van der Waals surface area contributed by atoms with Gasteiger partial charge in [-0.05, 0) is 110 Å². The van der Waals surface area contributed by atoms with Gasteiger partial charge in [-0.15, -0.1) is 0 Å². The van der Waals surface area contributed by atoms with Gasteiger partial charge >= 0.3 is 0 Å². The van der Waals surface area contributed by atoms with E-state index in [-0.39, 0.29) is 16.6 Å². The summed E-state index contributed by atoms with van der Waals surface area (Å²) in [5.74, 6) is 1.21. The van der Waals surface area contributed by atoms with Gasteiger partial charge in [0.05, 0.1) is 25.2 Å². The van der Waals surface area contributed by atoms with E-state index in [9.17, 15) is 4.79 Å². The molecule has 0 saturated heterocycles. The van der Waals surface area contributed by atoms with Gasteiger partial charge in [-0.1, -0.05) is 76.1 Å². The number of carbonyl (C=O) groups excluding carboxylic acids is 1. The van der Waals surface area contributed by atoms with E-state index >= 15 is 0 Å². The van der Waals surface area contributed by atoms with E-state index in [1.54, 1.807) is 7.11 Å². The minimum atomic E-state index is -1.96. The van der Waals surface area contributed by atoms with Gasteiger partial charge in [0.2, 0.25) is 0 Å². The predicted octanol–water partition coefficient (Wildman–Crippen LogP) is 9.57. The van der Waals surface area contributed by atoms with Crippen LogP contribution in [0.3, 0.4) is 0 Å². The molecule has 0 aliphatic heterocycles. The maximum Gasteiger partial charge on any atom is 0.192 e. The van der Waals surface area contributed by atoms with E-state index in [0.717, 1.165) is 70.1 Å². The van der Waals surface area contributed by atoms with Gasteiger partial charge in [0.15, 0.2) is 8.32 Å². The Morgan fingerprint density at radius 2 is 1.79 bits per heavy atom. The first-order valence-electron chi connectivity index (χ1n) is 16.6. The van der Waals surface area contributed by atoms with Crippen molar-refractivity contribution in [3.05, 3.63) is 70.8 Å². The molecule has 0 amide bonds. The summed E-state index contributed by atoms with van der Waals surface area (Å²) < 4.78 is 18.8. The summed E-state index contributed by atoms with van der Waals surface area (Å²) in [6.45, 7) is 15.7. The van der Waals surface area contributed by atoms with Gasteiger partial charge in [0.25, 0.3) is 0 Å². The molecule has 3 aliphatic rings. The number of hydrogen-bond donors (Lipinski definition) is 0. The monoisotopic (exact) mass is 602 g/mol. The second-order valence-corrected chi connectivity index (χ2v) is 19.9. The van der Waals surface area contributed by atoms with E-state index in [2.05, 4.69) is 83.3 Å². The van der Waals surface area contributed by atoms with Crippen LogP contribution in [0.4, 0.5) is 0 Å². The van der Waals surface area contributed by atoms with E-state index in [4.69, 9.17) is 13.9 Å². The normalized spacial score (nSPS) is 27.0. The topological polar surface area (TPSA) is 44.8 Å². The van der Waals surface area contributed by atoms with Crippen LogP contribution < -0.4 is 4.74 Å². The third-order valence-corrected chi connectivity index (χ3v) is 16.0. The van der Waals surface area contributed by atoms with Crippen molar-refractivity contribution in [2.45, 2.75) is 116 Å². The molecular formula is C38H54O4Si. The average molecular weight is 603 g/mol. The van der Waals surface area contributed by atoms with Gasteiger partial charge in [-0.2, -0.15) is 0 Å². The van der Waals surface area contributed by atoms with Crippen LogP contribution in [0.5, 0.6) is 5.75 Å². The molecule has 2 aromatic rings. The van der Waals surface area contributed by atoms with Crippen LogP contribution in [0.15, 0.2) is 54.1 Å². The summed E-state index contributed by atoms with van der Waals surface area (Å²) in [7, 11) is -0.225. The highest BCUT2D eigenvalue weighted by Gasteiger charge is 2.62. The quantitative estimate of drug-likeness (QED) is 0.138. The van der Waals surface area contributed by atoms with Gasteiger partial charge < -0.3 is 18.7 Å². The van der Waals surface area contributed by atoms with E-state index in [1.807, 2.05) is 6.07 Å². The number of allylic oxidation sites excluding steroid dienone is 2. The van der Waals surface area contributed by atoms with Crippen LogP contribution in [0, 0.1) is 16.7 Å². The molecular weight excluding hydrogens is 549 g/mol. The number of ether oxygens (including phenoxy) is 2. The molecule has 4 atom stereocenters. The third-order valence-electron chi connectivity index (χ3n) is 11.5. The lowest BCUT2D eigenvalue weighted by atomic mass is 9.50. The number of rotatable bonds is 12. The molecule has 0 bridgehead atoms. The Bertz CT molecular complexity index is 1310. The van der Waals surface area contributed by atoms with Crippen LogP contribution in [-0.4, -0.2) is 34.4 Å². The van der Waals surface area contributed by atoms with Crippen molar-refractivity contribution in [3.8, 4) is 5.75 Å². The molecule has 5 rings (SSSR count). The fourth-order valence-electron chi connectivity index (χ4n) is 8.19. The lowest BCUT2D eigenvalue weighted by molar-refractivity contribution is -0.120. The molecule has 1 fully saturated rings. The van der Waals surface area contributed by atoms with E-state index in [1.165, 1.54) is 34.1 Å². The Kier molecular flexibility index (Phi) is 9.47. The van der Waals surface area contributed by atoms with Gasteiger partial charge in [-0.25, -0.2) is 0 Å². The molecule has 0 radical (unpaired) electrons. The molecule has 0 heterocycles. The second-order valence-electron chi connectivity index (χ2n) is 15.2. The highest BCUT2D eigenvalue weighted by Crippen LogP contribution is 2.67. The molecule has 3 aliphatic carbocycles. The molecule has 0 spiro atoms. The van der Waals surface area contributed by atoms with Crippen molar-refractivity contribution < 1.29 is 18.7 Å². The number of aryl methyl sites for hydroxylation is 1. The lowest BCUT2D eigenvalue weighted by Crippen LogP contribution is -2.53. The van der Waals surface area contributed by atoms with E-state index in [0.29, 0.717) is 12.5 Å². The Morgan fingerprint density at radius 3 is 2.49 bits per heavy atom. The summed E-state index contributed by atoms with van der Waals surface area (Å²) in [5, 5.41) is 0.160. The minimum absolute atomic E-state index is 0.0297. The predicted molar refractivity (Wildman–Crippen MR) is 179 cm³/mol. The molecule has 1 saturated carbocycles. The number of fused-ring (bicyclic) bond motifs is 5. The number of benzene rings is 2. The van der Waals surface area contributed by atoms with Gasteiger partial charge in [0.1, 0.15) is 12.0 Å². The number of methoxy groups -OCH3 is 1. The number of carbonyl (C=O) groups is 1. The maximum absolute atomic E-state index is 13.5. The number of hydrogen-bond acceptors (Lipinski definition) is 4. The van der Waals surface area contributed by atoms with Crippen molar-refractivity contribution in [2.24, 2.45) is 16.7 Å². The first kappa shape index (κ1) is 32.2. The molecule has 0 aromatic heterocycles. The maximum atomic E-state index is 13.5. The summed E-state index contributed by atoms with van der Waals surface area (Å²) in [6.07, 6.45) is 10.8. The van der Waals surface area contributed by atoms with Crippen molar-refractivity contribution >= 4 is 20.2 Å². The Balaban J connectivity index is 1.40. The third kappa shape index (κ3) is 6.19. The van der Waals surface area contributed by atoms with Crippen LogP contribution in [0.25, 0.3) is 5.57 Å². The van der Waals surface area contributed by atoms with Crippen molar-refractivity contribution in [2.75, 3.05) is 13.7 Å². The number of unbranched alkanes of at least 4 members (excludes halogenated alkanes) is 2. The summed E-state index contributed by atoms with van der Waals surface area (Å²) in [4.78, 5) is 13.5. The summed E-state index contributed by atoms with van der Waals surface area (Å²) in [5.41, 5.74) is 6.22. The standard InChI is InChI=1S/C38H54O4Si/c1-36(2,3)43(6,7)42-34-20-19-33-37(34,4)25-30(16-12-9-13-23-41-26-28-14-10-8-11-15-28)35-32-18-17-31(40-5)24-29(32)21-22-38(33,35)27-39/h8,10-11,14-15,17-18,24,27,33-34H,9,12-13,16,19-23,25-26H2,1-7H3/t33-,34+,37+,38?/m1/s1. The van der Waals surface area contributed by atoms with E-state index < -0.39 is 13.7 Å². The summed E-state index contributed by atoms with van der Waals surface area (Å²) >= 11 is 0. The Hall–Kier alpha value is -2.21. The molecule has 234 valence electrons. The zero-order valence-electron chi connectivity index (χ0n) is 27.8. The van der Waals surface area contributed by atoms with Crippen molar-refractivity contribution in [1.29, 1.82) is 0 Å². The van der Waals surface area contributed by atoms with Crippen LogP contribution in [0.1, 0.15) is 95.8 Å². The molecule has 5 heteroatoms. The highest BCUT2D eigenvalue weighted by molar-refractivity contribution is 6.74. The molecule has 43 heavy (non-hydrogen) atoms. The largest absolute Gasteiger partial charge is 0.497 e. The van der Waals surface area contributed by atoms with Gasteiger partial charge in [0, 0.05) is 12.0 Å². The van der Waals surface area contributed by atoms with Crippen molar-refractivity contribution in [3.63, 3.8) is 0 Å². The fourth-order valence-corrected chi connectivity index (χ4v) is 9.64. The summed E-state index contributed by atoms with van der Waals surface area (Å²) in [6, 6.07) is 16.9. The van der Waals surface area contributed by atoms with Crippen LogP contribution >= 0.6 is 0 Å². The Labute approximate surface area is 261 Å². The molecule has 4 nitrogen and oxygen atoms in total. The van der Waals surface area contributed by atoms with Crippen LogP contribution in [0.2, 0.25) is 18.1 Å². The second kappa shape index (κ2) is 12.7. The molecule has 2 aromatic carbocycles. The molecule has 1 unspecified atom stereocenters. The first-order chi connectivity index (χ1) is 20.4. The first-order valence-corrected chi connectivity index (χ1v) is 19.5. The Morgan fingerprint density at radius 1 is 1.02 bits per heavy atom.